The zero-order chi connectivity index (χ0) is 20.4. The van der Waals surface area contributed by atoms with Crippen LogP contribution in [0, 0.1) is 13.8 Å². The van der Waals surface area contributed by atoms with Crippen LogP contribution in [-0.4, -0.2) is 31.4 Å². The minimum atomic E-state index is -0.433. The van der Waals surface area contributed by atoms with Crippen molar-refractivity contribution in [2.24, 2.45) is 0 Å². The topological polar surface area (TPSA) is 62.6 Å². The lowest BCUT2D eigenvalue weighted by Crippen LogP contribution is -2.35. The van der Waals surface area contributed by atoms with Crippen molar-refractivity contribution >= 4 is 28.5 Å². The summed E-state index contributed by atoms with van der Waals surface area (Å²) in [5.74, 6) is -0.431. The molecule has 5 nitrogen and oxygen atoms in total. The van der Waals surface area contributed by atoms with Gasteiger partial charge in [-0.15, -0.1) is 0 Å². The molecule has 0 fully saturated rings. The Hall–Kier alpha value is -2.63. The average Bonchev–Trinajstić information content (AvgIpc) is 2.63. The van der Waals surface area contributed by atoms with Crippen LogP contribution in [0.2, 0.25) is 5.02 Å². The molecule has 1 aromatic heterocycles. The second kappa shape index (κ2) is 8.17. The van der Waals surface area contributed by atoms with Crippen molar-refractivity contribution in [2.75, 3.05) is 20.6 Å². The van der Waals surface area contributed by atoms with Crippen molar-refractivity contribution in [2.45, 2.75) is 19.9 Å². The molecule has 146 valence electrons. The van der Waals surface area contributed by atoms with E-state index in [-0.39, 0.29) is 17.2 Å². The van der Waals surface area contributed by atoms with E-state index in [1.54, 1.807) is 6.07 Å². The Kier molecular flexibility index (Phi) is 5.87. The maximum absolute atomic E-state index is 12.7. The number of halogens is 1. The molecule has 0 bridgehead atoms. The molecule has 0 radical (unpaired) electrons. The first-order valence-electron chi connectivity index (χ1n) is 9.02. The van der Waals surface area contributed by atoms with Crippen LogP contribution >= 0.6 is 11.6 Å². The summed E-state index contributed by atoms with van der Waals surface area (Å²) in [6.45, 7) is 4.10. The van der Waals surface area contributed by atoms with Gasteiger partial charge in [-0.1, -0.05) is 35.9 Å². The number of aryl methyl sites for hydroxylation is 2. The van der Waals surface area contributed by atoms with Gasteiger partial charge in [-0.05, 0) is 56.8 Å². The second-order valence-corrected chi connectivity index (χ2v) is 7.55. The van der Waals surface area contributed by atoms with Crippen LogP contribution in [0.25, 0.3) is 11.0 Å². The minimum Gasteiger partial charge on any atom is -0.450 e. The molecule has 0 saturated heterocycles. The predicted octanol–water partition coefficient (Wildman–Crippen LogP) is 4.10. The molecule has 2 aromatic carbocycles. The van der Waals surface area contributed by atoms with E-state index in [4.69, 9.17) is 16.0 Å². The Morgan fingerprint density at radius 2 is 1.89 bits per heavy atom. The molecule has 3 aromatic rings. The van der Waals surface area contributed by atoms with Crippen LogP contribution in [-0.2, 0) is 0 Å². The van der Waals surface area contributed by atoms with Crippen LogP contribution in [0.5, 0.6) is 0 Å². The molecule has 0 unspecified atom stereocenters. The smallest absolute Gasteiger partial charge is 0.287 e. The van der Waals surface area contributed by atoms with Crippen LogP contribution < -0.4 is 10.7 Å². The summed E-state index contributed by atoms with van der Waals surface area (Å²) in [6, 6.07) is 12.4. The molecule has 1 N–H and O–H groups in total. The number of hydrogen-bond donors (Lipinski definition) is 1. The molecule has 6 heteroatoms. The Bertz CT molecular complexity index is 1090. The second-order valence-electron chi connectivity index (χ2n) is 7.14. The van der Waals surface area contributed by atoms with E-state index < -0.39 is 5.91 Å². The van der Waals surface area contributed by atoms with E-state index in [2.05, 4.69) is 5.32 Å². The fourth-order valence-electron chi connectivity index (χ4n) is 3.31. The highest BCUT2D eigenvalue weighted by Gasteiger charge is 2.20. The van der Waals surface area contributed by atoms with Gasteiger partial charge in [-0.2, -0.15) is 0 Å². The molecule has 3 rings (SSSR count). The van der Waals surface area contributed by atoms with Gasteiger partial charge in [-0.3, -0.25) is 9.59 Å². The van der Waals surface area contributed by atoms with Crippen LogP contribution in [0.1, 0.15) is 33.3 Å². The molecule has 0 aliphatic carbocycles. The number of rotatable bonds is 5. The van der Waals surface area contributed by atoms with Gasteiger partial charge in [0, 0.05) is 17.6 Å². The maximum Gasteiger partial charge on any atom is 0.287 e. The van der Waals surface area contributed by atoms with Crippen molar-refractivity contribution in [3.8, 4) is 0 Å². The summed E-state index contributed by atoms with van der Waals surface area (Å²) in [6.07, 6.45) is 0. The van der Waals surface area contributed by atoms with E-state index in [0.717, 1.165) is 16.7 Å². The van der Waals surface area contributed by atoms with Gasteiger partial charge in [0.05, 0.1) is 11.4 Å². The minimum absolute atomic E-state index is 0.00104. The number of hydrogen-bond acceptors (Lipinski definition) is 4. The van der Waals surface area contributed by atoms with E-state index in [1.165, 1.54) is 6.07 Å². The first kappa shape index (κ1) is 20.1. The molecule has 0 spiro atoms. The molecular formula is C22H23ClN2O3. The van der Waals surface area contributed by atoms with Crippen molar-refractivity contribution in [3.05, 3.63) is 80.2 Å². The van der Waals surface area contributed by atoms with Crippen LogP contribution in [0.4, 0.5) is 0 Å². The van der Waals surface area contributed by atoms with E-state index in [0.29, 0.717) is 22.5 Å². The fraction of sp³-hybridized carbons (Fsp3) is 0.273. The third-order valence-electron chi connectivity index (χ3n) is 4.73. The van der Waals surface area contributed by atoms with Crippen LogP contribution in [0.15, 0.2) is 51.7 Å². The zero-order valence-electron chi connectivity index (χ0n) is 16.4. The van der Waals surface area contributed by atoms with Crippen molar-refractivity contribution < 1.29 is 9.21 Å². The third-order valence-corrected chi connectivity index (χ3v) is 5.07. The summed E-state index contributed by atoms with van der Waals surface area (Å²) in [5, 5.41) is 3.98. The summed E-state index contributed by atoms with van der Waals surface area (Å²) < 4.78 is 5.76. The summed E-state index contributed by atoms with van der Waals surface area (Å²) >= 11 is 6.31. The number of likely N-dealkylation sites (N-methyl/N-ethyl adjacent to an activating group) is 1. The van der Waals surface area contributed by atoms with Gasteiger partial charge in [0.1, 0.15) is 5.58 Å². The predicted molar refractivity (Wildman–Crippen MR) is 112 cm³/mol. The Balaban J connectivity index is 1.86. The number of carbonyl (C=O) groups is 1. The highest BCUT2D eigenvalue weighted by Crippen LogP contribution is 2.25. The monoisotopic (exact) mass is 398 g/mol. The summed E-state index contributed by atoms with van der Waals surface area (Å²) in [5.41, 5.74) is 2.93. The first-order valence-corrected chi connectivity index (χ1v) is 9.40. The van der Waals surface area contributed by atoms with Gasteiger partial charge >= 0.3 is 0 Å². The van der Waals surface area contributed by atoms with Gasteiger partial charge < -0.3 is 14.6 Å². The largest absolute Gasteiger partial charge is 0.450 e. The Morgan fingerprint density at radius 1 is 1.18 bits per heavy atom. The summed E-state index contributed by atoms with van der Waals surface area (Å²) in [4.78, 5) is 27.1. The number of nitrogens with one attached hydrogen (secondary N) is 1. The molecule has 0 aliphatic rings. The van der Waals surface area contributed by atoms with Crippen molar-refractivity contribution in [3.63, 3.8) is 0 Å². The fourth-order valence-corrected chi connectivity index (χ4v) is 3.58. The van der Waals surface area contributed by atoms with E-state index >= 15 is 0 Å². The maximum atomic E-state index is 12.7. The summed E-state index contributed by atoms with van der Waals surface area (Å²) in [7, 11) is 3.84. The molecule has 28 heavy (non-hydrogen) atoms. The lowest BCUT2D eigenvalue weighted by atomic mass is 10.1. The van der Waals surface area contributed by atoms with Gasteiger partial charge in [0.2, 0.25) is 0 Å². The Morgan fingerprint density at radius 3 is 2.57 bits per heavy atom. The highest BCUT2D eigenvalue weighted by atomic mass is 35.5. The number of nitrogens with zero attached hydrogens (tertiary/aromatic N) is 1. The molecule has 1 atom stereocenters. The number of benzene rings is 2. The standard InChI is InChI=1S/C22H23ClN2O3/c1-13-9-14(2)21-16(10-13)19(26)11-20(28-21)22(27)24-12-18(25(3)4)15-7-5-6-8-17(15)23/h5-11,18H,12H2,1-4H3,(H,24,27)/t18-/m0/s1. The number of amides is 1. The molecule has 1 amide bonds. The average molecular weight is 399 g/mol. The van der Waals surface area contributed by atoms with Gasteiger partial charge in [-0.25, -0.2) is 0 Å². The van der Waals surface area contributed by atoms with Crippen molar-refractivity contribution in [1.82, 2.24) is 10.2 Å². The molecule has 0 aliphatic heterocycles. The number of fused-ring (bicyclic) bond motifs is 1. The number of carbonyl (C=O) groups excluding carboxylic acids is 1. The van der Waals surface area contributed by atoms with Gasteiger partial charge in [0.25, 0.3) is 5.91 Å². The molecule has 1 heterocycles. The highest BCUT2D eigenvalue weighted by molar-refractivity contribution is 6.31. The van der Waals surface area contributed by atoms with Crippen LogP contribution in [0.3, 0.4) is 0 Å². The lowest BCUT2D eigenvalue weighted by molar-refractivity contribution is 0.0914. The lowest BCUT2D eigenvalue weighted by Gasteiger charge is -2.25. The zero-order valence-corrected chi connectivity index (χ0v) is 17.1. The van der Waals surface area contributed by atoms with E-state index in [9.17, 15) is 9.59 Å². The van der Waals surface area contributed by atoms with E-state index in [1.807, 2.05) is 63.2 Å². The Labute approximate surface area is 168 Å². The third kappa shape index (κ3) is 4.11. The molecule has 0 saturated carbocycles. The first-order chi connectivity index (χ1) is 13.3. The normalized spacial score (nSPS) is 12.4. The van der Waals surface area contributed by atoms with Gasteiger partial charge in [0.15, 0.2) is 11.2 Å². The SMILES string of the molecule is Cc1cc(C)c2oc(C(=O)NC[C@@H](c3ccccc3Cl)N(C)C)cc(=O)c2c1. The van der Waals surface area contributed by atoms with Crippen molar-refractivity contribution in [1.29, 1.82) is 0 Å². The quantitative estimate of drug-likeness (QED) is 0.703. The molecular weight excluding hydrogens is 376 g/mol.